The van der Waals surface area contributed by atoms with E-state index in [1.165, 1.54) is 0 Å². The lowest BCUT2D eigenvalue weighted by Crippen LogP contribution is -2.22. The predicted molar refractivity (Wildman–Crippen MR) is 71.7 cm³/mol. The van der Waals surface area contributed by atoms with E-state index in [0.717, 1.165) is 0 Å². The van der Waals surface area contributed by atoms with E-state index in [0.29, 0.717) is 30.1 Å². The van der Waals surface area contributed by atoms with Crippen LogP contribution in [0.3, 0.4) is 0 Å². The van der Waals surface area contributed by atoms with Gasteiger partial charge in [0.25, 0.3) is 10.0 Å². The fourth-order valence-corrected chi connectivity index (χ4v) is 3.50. The van der Waals surface area contributed by atoms with E-state index >= 15 is 0 Å². The molecule has 1 aliphatic rings. The molecule has 98 valence electrons. The van der Waals surface area contributed by atoms with Crippen LogP contribution in [0.2, 0.25) is 0 Å². The van der Waals surface area contributed by atoms with Crippen LogP contribution in [0, 0.1) is 0 Å². The molecule has 1 aromatic carbocycles. The molecule has 1 atom stereocenters. The summed E-state index contributed by atoms with van der Waals surface area (Å²) < 4.78 is 36.9. The van der Waals surface area contributed by atoms with E-state index in [2.05, 4.69) is 9.71 Å². The highest BCUT2D eigenvalue weighted by Crippen LogP contribution is 2.21. The molecule has 0 aliphatic carbocycles. The second-order valence-electron chi connectivity index (χ2n) is 3.96. The molecule has 1 unspecified atom stereocenters. The van der Waals surface area contributed by atoms with E-state index in [-0.39, 0.29) is 4.90 Å². The van der Waals surface area contributed by atoms with Gasteiger partial charge in [-0.05, 0) is 18.6 Å². The molecule has 0 fully saturated rings. The smallest absolute Gasteiger partial charge is 0.263 e. The van der Waals surface area contributed by atoms with Crippen LogP contribution in [0.1, 0.15) is 12.0 Å². The molecule has 0 bridgehead atoms. The molecule has 18 heavy (non-hydrogen) atoms. The standard InChI is InChI=1S/C11H14N2O3S2/c1-17(14)8-4-7-12-11-9-5-2-3-6-10(9)18(15,16)13-11/h2-3,5-6H,4,7-8H2,1H3,(H,12,13). The lowest BCUT2D eigenvalue weighted by molar-refractivity contribution is 0.595. The molecule has 1 aliphatic heterocycles. The monoisotopic (exact) mass is 286 g/mol. The van der Waals surface area contributed by atoms with Gasteiger partial charge in [-0.25, -0.2) is 8.42 Å². The van der Waals surface area contributed by atoms with Gasteiger partial charge in [0.05, 0.1) is 4.90 Å². The SMILES string of the molecule is CS(=O)CCCN=C1NS(=O)(=O)c2ccccc21. The number of hydrogen-bond donors (Lipinski definition) is 1. The third-order valence-corrected chi connectivity index (χ3v) is 4.78. The number of rotatable bonds is 4. The maximum atomic E-state index is 11.8. The van der Waals surface area contributed by atoms with Crippen LogP contribution in [0.15, 0.2) is 34.2 Å². The Kier molecular flexibility index (Phi) is 3.82. The molecule has 0 radical (unpaired) electrons. The molecular weight excluding hydrogens is 272 g/mol. The minimum absolute atomic E-state index is 0.266. The summed E-state index contributed by atoms with van der Waals surface area (Å²) in [6.07, 6.45) is 2.32. The number of benzene rings is 1. The van der Waals surface area contributed by atoms with E-state index < -0.39 is 20.8 Å². The average Bonchev–Trinajstić information content (AvgIpc) is 2.57. The van der Waals surface area contributed by atoms with Crippen molar-refractivity contribution in [1.82, 2.24) is 4.72 Å². The molecule has 1 N–H and O–H groups in total. The van der Waals surface area contributed by atoms with Gasteiger partial charge >= 0.3 is 0 Å². The second kappa shape index (κ2) is 5.19. The Balaban J connectivity index is 2.18. The van der Waals surface area contributed by atoms with Crippen molar-refractivity contribution in [3.8, 4) is 0 Å². The Hall–Kier alpha value is -1.21. The van der Waals surface area contributed by atoms with Crippen LogP contribution < -0.4 is 4.72 Å². The number of hydrogen-bond acceptors (Lipinski definition) is 4. The molecule has 2 rings (SSSR count). The van der Waals surface area contributed by atoms with Crippen molar-refractivity contribution < 1.29 is 12.6 Å². The zero-order chi connectivity index (χ0) is 13.2. The Bertz CT molecular complexity index is 608. The maximum absolute atomic E-state index is 11.8. The summed E-state index contributed by atoms with van der Waals surface area (Å²) in [7, 11) is -4.29. The fraction of sp³-hybridized carbons (Fsp3) is 0.364. The maximum Gasteiger partial charge on any atom is 0.263 e. The summed E-state index contributed by atoms with van der Waals surface area (Å²) in [5.74, 6) is 0.957. The van der Waals surface area contributed by atoms with Crippen LogP contribution in [0.5, 0.6) is 0 Å². The summed E-state index contributed by atoms with van der Waals surface area (Å²) in [6, 6.07) is 6.74. The van der Waals surface area contributed by atoms with Crippen LogP contribution >= 0.6 is 0 Å². The largest absolute Gasteiger partial charge is 0.267 e. The highest BCUT2D eigenvalue weighted by Gasteiger charge is 2.29. The number of nitrogens with zero attached hydrogens (tertiary/aromatic N) is 1. The Morgan fingerprint density at radius 1 is 1.33 bits per heavy atom. The van der Waals surface area contributed by atoms with Crippen molar-refractivity contribution in [3.05, 3.63) is 29.8 Å². The normalized spacial score (nSPS) is 20.4. The molecule has 1 heterocycles. The zero-order valence-corrected chi connectivity index (χ0v) is 11.6. The first-order valence-electron chi connectivity index (χ1n) is 5.47. The summed E-state index contributed by atoms with van der Waals surface area (Å²) >= 11 is 0. The third-order valence-electron chi connectivity index (χ3n) is 2.52. The number of nitrogens with one attached hydrogen (secondary N) is 1. The molecule has 0 spiro atoms. The molecular formula is C11H14N2O3S2. The molecule has 5 nitrogen and oxygen atoms in total. The van der Waals surface area contributed by atoms with Gasteiger partial charge in [-0.3, -0.25) is 13.9 Å². The average molecular weight is 286 g/mol. The van der Waals surface area contributed by atoms with E-state index in [4.69, 9.17) is 0 Å². The van der Waals surface area contributed by atoms with Crippen molar-refractivity contribution in [1.29, 1.82) is 0 Å². The van der Waals surface area contributed by atoms with Crippen LogP contribution in [0.25, 0.3) is 0 Å². The summed E-state index contributed by atoms with van der Waals surface area (Å²) in [5, 5.41) is 0. The van der Waals surface area contributed by atoms with E-state index in [1.807, 2.05) is 0 Å². The highest BCUT2D eigenvalue weighted by molar-refractivity contribution is 7.90. The Labute approximate surface area is 109 Å². The minimum atomic E-state index is -3.45. The van der Waals surface area contributed by atoms with Gasteiger partial charge in [0, 0.05) is 34.9 Å². The fourth-order valence-electron chi connectivity index (χ4n) is 1.71. The highest BCUT2D eigenvalue weighted by atomic mass is 32.2. The molecule has 0 saturated carbocycles. The van der Waals surface area contributed by atoms with Gasteiger partial charge in [-0.15, -0.1) is 0 Å². The lowest BCUT2D eigenvalue weighted by atomic mass is 10.2. The van der Waals surface area contributed by atoms with E-state index in [9.17, 15) is 12.6 Å². The molecule has 0 aromatic heterocycles. The zero-order valence-electron chi connectivity index (χ0n) is 9.92. The van der Waals surface area contributed by atoms with Gasteiger partial charge in [0.2, 0.25) is 0 Å². The first kappa shape index (κ1) is 13.2. The minimum Gasteiger partial charge on any atom is -0.267 e. The number of amidine groups is 1. The molecule has 7 heteroatoms. The predicted octanol–water partition coefficient (Wildman–Crippen LogP) is 0.494. The molecule has 0 amide bonds. The Morgan fingerprint density at radius 2 is 2.06 bits per heavy atom. The van der Waals surface area contributed by atoms with Gasteiger partial charge in [-0.2, -0.15) is 0 Å². The summed E-state index contributed by atoms with van der Waals surface area (Å²) in [4.78, 5) is 4.49. The second-order valence-corrected chi connectivity index (χ2v) is 7.17. The van der Waals surface area contributed by atoms with Crippen LogP contribution in [-0.4, -0.2) is 37.0 Å². The van der Waals surface area contributed by atoms with Crippen molar-refractivity contribution in [3.63, 3.8) is 0 Å². The number of fused-ring (bicyclic) bond motifs is 1. The summed E-state index contributed by atoms with van der Waals surface area (Å²) in [5.41, 5.74) is 0.607. The summed E-state index contributed by atoms with van der Waals surface area (Å²) in [6.45, 7) is 0.464. The number of aliphatic imine (C=N–C) groups is 1. The van der Waals surface area contributed by atoms with E-state index in [1.54, 1.807) is 30.5 Å². The lowest BCUT2D eigenvalue weighted by Gasteiger charge is -1.98. The Morgan fingerprint density at radius 3 is 2.78 bits per heavy atom. The van der Waals surface area contributed by atoms with Gasteiger partial charge in [-0.1, -0.05) is 12.1 Å². The van der Waals surface area contributed by atoms with Gasteiger partial charge in [0.15, 0.2) is 0 Å². The first-order chi connectivity index (χ1) is 8.50. The quantitative estimate of drug-likeness (QED) is 0.819. The topological polar surface area (TPSA) is 75.6 Å². The van der Waals surface area contributed by atoms with Crippen molar-refractivity contribution >= 4 is 26.7 Å². The van der Waals surface area contributed by atoms with Crippen LogP contribution in [-0.2, 0) is 20.8 Å². The molecule has 1 aromatic rings. The first-order valence-corrected chi connectivity index (χ1v) is 8.68. The van der Waals surface area contributed by atoms with Gasteiger partial charge < -0.3 is 0 Å². The van der Waals surface area contributed by atoms with Crippen molar-refractivity contribution in [2.45, 2.75) is 11.3 Å². The van der Waals surface area contributed by atoms with Gasteiger partial charge in [0.1, 0.15) is 5.84 Å². The van der Waals surface area contributed by atoms with Crippen LogP contribution in [0.4, 0.5) is 0 Å². The van der Waals surface area contributed by atoms with Crippen molar-refractivity contribution in [2.24, 2.45) is 4.99 Å². The third kappa shape index (κ3) is 2.78. The molecule has 0 saturated heterocycles. The number of sulfonamides is 1. The van der Waals surface area contributed by atoms with Crippen molar-refractivity contribution in [2.75, 3.05) is 18.6 Å².